The molecule has 15 heavy (non-hydrogen) atoms. The van der Waals surface area contributed by atoms with Gasteiger partial charge in [0.15, 0.2) is 0 Å². The minimum atomic E-state index is -0.269. The Hall–Kier alpha value is -0.0800. The molecule has 0 saturated carbocycles. The van der Waals surface area contributed by atoms with Crippen LogP contribution in [0, 0.1) is 11.3 Å². The zero-order valence-electron chi connectivity index (χ0n) is 11.1. The summed E-state index contributed by atoms with van der Waals surface area (Å²) >= 11 is 0. The van der Waals surface area contributed by atoms with E-state index in [1.165, 1.54) is 12.8 Å². The van der Waals surface area contributed by atoms with Gasteiger partial charge in [0, 0.05) is 12.1 Å². The number of nitrogens with two attached hydrogens (primary N) is 1. The van der Waals surface area contributed by atoms with Crippen LogP contribution in [0.25, 0.3) is 0 Å². The van der Waals surface area contributed by atoms with E-state index >= 15 is 0 Å². The molecule has 2 nitrogen and oxygen atoms in total. The van der Waals surface area contributed by atoms with Gasteiger partial charge >= 0.3 is 0 Å². The molecule has 0 bridgehead atoms. The molecule has 0 amide bonds. The highest BCUT2D eigenvalue weighted by Gasteiger charge is 2.36. The third-order valence-electron chi connectivity index (χ3n) is 4.14. The van der Waals surface area contributed by atoms with Crippen molar-refractivity contribution in [3.63, 3.8) is 0 Å². The lowest BCUT2D eigenvalue weighted by Crippen LogP contribution is -2.50. The second-order valence-electron chi connectivity index (χ2n) is 5.83. The maximum atomic E-state index is 9.01. The summed E-state index contributed by atoms with van der Waals surface area (Å²) in [5.41, 5.74) is 6.10. The number of hydrogen-bond donors (Lipinski definition) is 2. The minimum Gasteiger partial charge on any atom is -0.396 e. The van der Waals surface area contributed by atoms with Crippen molar-refractivity contribution in [2.24, 2.45) is 17.1 Å². The zero-order valence-corrected chi connectivity index (χ0v) is 11.1. The molecule has 0 spiro atoms. The molecular formula is C13H29NO. The van der Waals surface area contributed by atoms with Gasteiger partial charge < -0.3 is 10.8 Å². The maximum Gasteiger partial charge on any atom is 0.0448 e. The molecule has 0 aromatic heterocycles. The van der Waals surface area contributed by atoms with Crippen molar-refractivity contribution in [3.05, 3.63) is 0 Å². The fourth-order valence-electron chi connectivity index (χ4n) is 1.67. The van der Waals surface area contributed by atoms with Crippen LogP contribution < -0.4 is 5.73 Å². The van der Waals surface area contributed by atoms with Crippen molar-refractivity contribution < 1.29 is 5.11 Å². The fourth-order valence-corrected chi connectivity index (χ4v) is 1.67. The lowest BCUT2D eigenvalue weighted by molar-refractivity contribution is 0.119. The summed E-state index contributed by atoms with van der Waals surface area (Å²) in [6.07, 6.45) is 4.27. The summed E-state index contributed by atoms with van der Waals surface area (Å²) < 4.78 is 0. The lowest BCUT2D eigenvalue weighted by atomic mass is 9.68. The molecule has 0 heterocycles. The molecule has 3 N–H and O–H groups in total. The van der Waals surface area contributed by atoms with E-state index in [1.807, 2.05) is 0 Å². The molecule has 92 valence electrons. The molecule has 0 radical (unpaired) electrons. The number of aliphatic hydroxyl groups is 1. The van der Waals surface area contributed by atoms with E-state index in [4.69, 9.17) is 10.8 Å². The third kappa shape index (κ3) is 4.52. The first-order chi connectivity index (χ1) is 6.77. The average molecular weight is 215 g/mol. The van der Waals surface area contributed by atoms with Crippen molar-refractivity contribution >= 4 is 0 Å². The zero-order chi connectivity index (χ0) is 12.1. The first kappa shape index (κ1) is 14.9. The Morgan fingerprint density at radius 2 is 1.73 bits per heavy atom. The molecule has 0 aliphatic rings. The molecule has 0 aromatic carbocycles. The van der Waals surface area contributed by atoms with Gasteiger partial charge in [0.2, 0.25) is 0 Å². The van der Waals surface area contributed by atoms with Gasteiger partial charge in [0.1, 0.15) is 0 Å². The lowest BCUT2D eigenvalue weighted by Gasteiger charge is -2.42. The molecule has 2 unspecified atom stereocenters. The smallest absolute Gasteiger partial charge is 0.0448 e. The van der Waals surface area contributed by atoms with Crippen LogP contribution in [0.15, 0.2) is 0 Å². The molecule has 0 rings (SSSR count). The minimum absolute atomic E-state index is 0.0964. The predicted octanol–water partition coefficient (Wildman–Crippen LogP) is 2.94. The van der Waals surface area contributed by atoms with Gasteiger partial charge in [0.25, 0.3) is 0 Å². The molecule has 0 aliphatic heterocycles. The Labute approximate surface area is 95.3 Å². The summed E-state index contributed by atoms with van der Waals surface area (Å²) in [5, 5.41) is 9.01. The van der Waals surface area contributed by atoms with Crippen molar-refractivity contribution in [1.29, 1.82) is 0 Å². The SMILES string of the molecule is CCC(C)CCC(C)(C)C(C)(N)CCO. The first-order valence-corrected chi connectivity index (χ1v) is 6.16. The number of aliphatic hydroxyl groups excluding tert-OH is 1. The monoisotopic (exact) mass is 215 g/mol. The van der Waals surface area contributed by atoms with Crippen LogP contribution in [-0.2, 0) is 0 Å². The summed E-state index contributed by atoms with van der Waals surface area (Å²) in [7, 11) is 0. The van der Waals surface area contributed by atoms with Crippen LogP contribution in [0.1, 0.15) is 60.3 Å². The van der Waals surface area contributed by atoms with Crippen molar-refractivity contribution in [2.45, 2.75) is 65.8 Å². The van der Waals surface area contributed by atoms with Crippen LogP contribution >= 0.6 is 0 Å². The highest BCUT2D eigenvalue weighted by atomic mass is 16.3. The second kappa shape index (κ2) is 5.86. The van der Waals surface area contributed by atoms with E-state index in [-0.39, 0.29) is 17.6 Å². The molecule has 2 heteroatoms. The van der Waals surface area contributed by atoms with Crippen molar-refractivity contribution in [1.82, 2.24) is 0 Å². The van der Waals surface area contributed by atoms with Crippen LogP contribution in [0.3, 0.4) is 0 Å². The van der Waals surface area contributed by atoms with E-state index in [0.717, 1.165) is 12.3 Å². The van der Waals surface area contributed by atoms with Gasteiger partial charge in [-0.15, -0.1) is 0 Å². The van der Waals surface area contributed by atoms with Gasteiger partial charge in [0.05, 0.1) is 0 Å². The third-order valence-corrected chi connectivity index (χ3v) is 4.14. The molecule has 0 saturated heterocycles. The van der Waals surface area contributed by atoms with E-state index < -0.39 is 0 Å². The van der Waals surface area contributed by atoms with Crippen molar-refractivity contribution in [3.8, 4) is 0 Å². The normalized spacial score (nSPS) is 18.6. The van der Waals surface area contributed by atoms with Gasteiger partial charge in [-0.2, -0.15) is 0 Å². The molecule has 0 aliphatic carbocycles. The van der Waals surface area contributed by atoms with Crippen LogP contribution in [0.2, 0.25) is 0 Å². The first-order valence-electron chi connectivity index (χ1n) is 6.16. The van der Waals surface area contributed by atoms with E-state index in [1.54, 1.807) is 0 Å². The Morgan fingerprint density at radius 3 is 2.13 bits per heavy atom. The number of hydrogen-bond acceptors (Lipinski definition) is 2. The summed E-state index contributed by atoms with van der Waals surface area (Å²) in [6.45, 7) is 11.2. The highest BCUT2D eigenvalue weighted by molar-refractivity contribution is 4.93. The average Bonchev–Trinajstić information content (AvgIpc) is 2.14. The van der Waals surface area contributed by atoms with E-state index in [0.29, 0.717) is 6.42 Å². The summed E-state index contributed by atoms with van der Waals surface area (Å²) in [6, 6.07) is 0. The molecule has 0 fully saturated rings. The molecular weight excluding hydrogens is 186 g/mol. The maximum absolute atomic E-state index is 9.01. The van der Waals surface area contributed by atoms with Gasteiger partial charge in [-0.05, 0) is 31.1 Å². The standard InChI is InChI=1S/C13H29NO/c1-6-11(2)7-8-12(3,4)13(5,14)9-10-15/h11,15H,6-10,14H2,1-5H3. The molecule has 2 atom stereocenters. The Kier molecular flexibility index (Phi) is 5.82. The van der Waals surface area contributed by atoms with Gasteiger partial charge in [-0.25, -0.2) is 0 Å². The Bertz CT molecular complexity index is 175. The summed E-state index contributed by atoms with van der Waals surface area (Å²) in [4.78, 5) is 0. The largest absolute Gasteiger partial charge is 0.396 e. The highest BCUT2D eigenvalue weighted by Crippen LogP contribution is 2.37. The topological polar surface area (TPSA) is 46.2 Å². The van der Waals surface area contributed by atoms with Crippen molar-refractivity contribution in [2.75, 3.05) is 6.61 Å². The fraction of sp³-hybridized carbons (Fsp3) is 1.00. The Morgan fingerprint density at radius 1 is 1.20 bits per heavy atom. The van der Waals surface area contributed by atoms with Crippen LogP contribution in [0.4, 0.5) is 0 Å². The van der Waals surface area contributed by atoms with Gasteiger partial charge in [-0.3, -0.25) is 0 Å². The summed E-state index contributed by atoms with van der Waals surface area (Å²) in [5.74, 6) is 0.772. The van der Waals surface area contributed by atoms with Crippen LogP contribution in [0.5, 0.6) is 0 Å². The van der Waals surface area contributed by atoms with Crippen LogP contribution in [-0.4, -0.2) is 17.3 Å². The molecule has 0 aromatic rings. The van der Waals surface area contributed by atoms with E-state index in [2.05, 4.69) is 34.6 Å². The van der Waals surface area contributed by atoms with Gasteiger partial charge in [-0.1, -0.05) is 40.5 Å². The predicted molar refractivity (Wildman–Crippen MR) is 66.8 cm³/mol. The second-order valence-corrected chi connectivity index (χ2v) is 5.83. The quantitative estimate of drug-likeness (QED) is 0.686. The van der Waals surface area contributed by atoms with E-state index in [9.17, 15) is 0 Å². The Balaban J connectivity index is 4.26. The number of rotatable bonds is 7.